The van der Waals surface area contributed by atoms with E-state index in [-0.39, 0.29) is 11.8 Å². The minimum absolute atomic E-state index is 0.107. The van der Waals surface area contributed by atoms with Gasteiger partial charge in [0.15, 0.2) is 0 Å². The van der Waals surface area contributed by atoms with Crippen LogP contribution in [0.4, 0.5) is 0 Å². The number of carbonyl (C=O) groups is 2. The van der Waals surface area contributed by atoms with E-state index in [9.17, 15) is 9.59 Å². The second kappa shape index (κ2) is 8.73. The van der Waals surface area contributed by atoms with E-state index in [0.717, 1.165) is 45.3 Å². The van der Waals surface area contributed by atoms with E-state index in [1.807, 2.05) is 41.7 Å². The van der Waals surface area contributed by atoms with E-state index in [1.165, 1.54) is 41.9 Å². The van der Waals surface area contributed by atoms with Gasteiger partial charge in [-0.25, -0.2) is 0 Å². The van der Waals surface area contributed by atoms with Gasteiger partial charge in [-0.1, -0.05) is 0 Å². The van der Waals surface area contributed by atoms with Gasteiger partial charge in [-0.05, 0) is 98.2 Å². The van der Waals surface area contributed by atoms with Crippen LogP contribution < -0.4 is 0 Å². The summed E-state index contributed by atoms with van der Waals surface area (Å²) >= 11 is 7.15. The fraction of sp³-hybridized carbons (Fsp3) is 0.250. The third-order valence-electron chi connectivity index (χ3n) is 8.43. The fourth-order valence-electron chi connectivity index (χ4n) is 6.59. The number of nitrogens with zero attached hydrogens (tertiary/aromatic N) is 2. The molecule has 4 nitrogen and oxygen atoms in total. The standard InChI is InChI=1S/C32H26N2O2S4/c1-15-5-10-22(37-15)27-25-26(32(36)33(27)3)28(34(4)31(25)35)23-12-11-21(39-23)24-14-18-7-9-20(30(18)40-24)19-8-6-17-13-16(2)38-29(17)19/h5,10-14H,6-9H2,1-4H3/b20-19+. The van der Waals surface area contributed by atoms with E-state index in [2.05, 4.69) is 31.2 Å². The minimum Gasteiger partial charge on any atom is -0.309 e. The van der Waals surface area contributed by atoms with Gasteiger partial charge in [0.2, 0.25) is 0 Å². The highest BCUT2D eigenvalue weighted by molar-refractivity contribution is 7.23. The molecular weight excluding hydrogens is 573 g/mol. The zero-order valence-electron chi connectivity index (χ0n) is 22.6. The molecular formula is C32H26N2O2S4. The van der Waals surface area contributed by atoms with Gasteiger partial charge >= 0.3 is 0 Å². The number of amides is 2. The molecule has 6 heterocycles. The van der Waals surface area contributed by atoms with Crippen LogP contribution in [0.15, 0.2) is 47.5 Å². The monoisotopic (exact) mass is 598 g/mol. The number of hydrogen-bond donors (Lipinski definition) is 0. The van der Waals surface area contributed by atoms with E-state index < -0.39 is 0 Å². The molecule has 2 aliphatic heterocycles. The molecule has 4 aromatic rings. The highest BCUT2D eigenvalue weighted by atomic mass is 32.1. The summed E-state index contributed by atoms with van der Waals surface area (Å²) in [6.07, 6.45) is 4.58. The number of allylic oxidation sites excluding steroid dienone is 2. The number of aryl methyl sites for hydroxylation is 4. The molecule has 2 amide bonds. The summed E-state index contributed by atoms with van der Waals surface area (Å²) in [6, 6.07) is 13.0. The summed E-state index contributed by atoms with van der Waals surface area (Å²) in [5.41, 5.74) is 8.65. The number of likely N-dealkylation sites (N-methyl/N-ethyl adjacent to an activating group) is 2. The lowest BCUT2D eigenvalue weighted by atomic mass is 10.1. The molecule has 0 aromatic carbocycles. The average Bonchev–Trinajstić information content (AvgIpc) is 3.74. The van der Waals surface area contributed by atoms with Crippen LogP contribution in [0, 0.1) is 13.8 Å². The molecule has 0 saturated heterocycles. The second-order valence-electron chi connectivity index (χ2n) is 10.9. The molecule has 200 valence electrons. The smallest absolute Gasteiger partial charge is 0.261 e. The van der Waals surface area contributed by atoms with Gasteiger partial charge in [-0.15, -0.1) is 45.3 Å². The lowest BCUT2D eigenvalue weighted by Gasteiger charge is -2.18. The molecule has 8 heteroatoms. The number of fused-ring (bicyclic) bond motifs is 3. The van der Waals surface area contributed by atoms with Crippen molar-refractivity contribution >= 4 is 79.7 Å². The van der Waals surface area contributed by atoms with Crippen molar-refractivity contribution in [2.75, 3.05) is 14.1 Å². The predicted molar refractivity (Wildman–Crippen MR) is 169 cm³/mol. The first-order valence-corrected chi connectivity index (χ1v) is 16.7. The number of thiophene rings is 4. The molecule has 4 aromatic heterocycles. The van der Waals surface area contributed by atoms with Gasteiger partial charge in [0.05, 0.1) is 32.3 Å². The van der Waals surface area contributed by atoms with Crippen molar-refractivity contribution < 1.29 is 9.59 Å². The summed E-state index contributed by atoms with van der Waals surface area (Å²) in [7, 11) is 3.57. The molecule has 0 saturated carbocycles. The van der Waals surface area contributed by atoms with E-state index >= 15 is 0 Å². The van der Waals surface area contributed by atoms with E-state index in [4.69, 9.17) is 0 Å². The van der Waals surface area contributed by atoms with Crippen LogP contribution in [0.1, 0.15) is 53.2 Å². The molecule has 0 radical (unpaired) electrons. The van der Waals surface area contributed by atoms with Gasteiger partial charge in [0.25, 0.3) is 11.8 Å². The van der Waals surface area contributed by atoms with Crippen LogP contribution in [-0.4, -0.2) is 35.7 Å². The molecule has 0 unspecified atom stereocenters. The van der Waals surface area contributed by atoms with Gasteiger partial charge in [0.1, 0.15) is 0 Å². The summed E-state index contributed by atoms with van der Waals surface area (Å²) in [4.78, 5) is 40.3. The summed E-state index contributed by atoms with van der Waals surface area (Å²) in [5.74, 6) is -0.213. The maximum absolute atomic E-state index is 13.5. The Morgan fingerprint density at radius 1 is 0.575 bits per heavy atom. The zero-order valence-corrected chi connectivity index (χ0v) is 25.9. The largest absolute Gasteiger partial charge is 0.309 e. The van der Waals surface area contributed by atoms with Gasteiger partial charge in [0, 0.05) is 43.4 Å². The maximum atomic E-state index is 13.5. The highest BCUT2D eigenvalue weighted by Crippen LogP contribution is 2.52. The minimum atomic E-state index is -0.107. The third kappa shape index (κ3) is 3.40. The van der Waals surface area contributed by atoms with Crippen LogP contribution in [0.2, 0.25) is 0 Å². The summed E-state index contributed by atoms with van der Waals surface area (Å²) in [5, 5.41) is 0. The molecule has 0 fully saturated rings. The molecule has 4 aliphatic rings. The molecule has 0 atom stereocenters. The van der Waals surface area contributed by atoms with Crippen molar-refractivity contribution in [3.8, 4) is 9.75 Å². The Balaban J connectivity index is 1.19. The molecule has 0 N–H and O–H groups in total. The Morgan fingerprint density at radius 2 is 1.12 bits per heavy atom. The highest BCUT2D eigenvalue weighted by Gasteiger charge is 2.47. The van der Waals surface area contributed by atoms with E-state index in [0.29, 0.717) is 11.1 Å². The Kier molecular flexibility index (Phi) is 5.40. The first-order chi connectivity index (χ1) is 19.3. The van der Waals surface area contributed by atoms with Crippen LogP contribution in [0.3, 0.4) is 0 Å². The van der Waals surface area contributed by atoms with Gasteiger partial charge in [-0.2, -0.15) is 0 Å². The number of rotatable bonds is 3. The molecule has 0 bridgehead atoms. The number of carbonyl (C=O) groups excluding carboxylic acids is 2. The maximum Gasteiger partial charge on any atom is 0.261 e. The Bertz CT molecular complexity index is 1900. The lowest BCUT2D eigenvalue weighted by molar-refractivity contribution is -0.123. The Hall–Kier alpha value is -3.04. The van der Waals surface area contributed by atoms with Crippen molar-refractivity contribution in [1.29, 1.82) is 0 Å². The Morgan fingerprint density at radius 3 is 1.75 bits per heavy atom. The lowest BCUT2D eigenvalue weighted by Crippen LogP contribution is -2.24. The van der Waals surface area contributed by atoms with Gasteiger partial charge < -0.3 is 9.80 Å². The molecule has 2 aliphatic carbocycles. The van der Waals surface area contributed by atoms with Crippen molar-refractivity contribution in [3.05, 3.63) is 87.9 Å². The van der Waals surface area contributed by atoms with E-state index in [1.54, 1.807) is 57.7 Å². The van der Waals surface area contributed by atoms with Crippen molar-refractivity contribution in [3.63, 3.8) is 0 Å². The SMILES string of the molecule is Cc1ccc(C2=C3C(=O)N(C)C(c4ccc(-c5cc6c(s5)/C(=C5\CCc7cc(C)sc75)CC6)s4)=C3C(=O)N2C)s1. The zero-order chi connectivity index (χ0) is 27.4. The predicted octanol–water partition coefficient (Wildman–Crippen LogP) is 8.09. The van der Waals surface area contributed by atoms with Crippen LogP contribution in [0.25, 0.3) is 32.3 Å². The van der Waals surface area contributed by atoms with Crippen molar-refractivity contribution in [1.82, 2.24) is 9.80 Å². The topological polar surface area (TPSA) is 40.6 Å². The normalized spacial score (nSPS) is 20.1. The average molecular weight is 599 g/mol. The van der Waals surface area contributed by atoms with Crippen LogP contribution >= 0.6 is 45.3 Å². The summed E-state index contributed by atoms with van der Waals surface area (Å²) in [6.45, 7) is 4.26. The third-order valence-corrected chi connectivity index (χ3v) is 13.1. The Labute approximate surface area is 249 Å². The quantitative estimate of drug-likeness (QED) is 0.239. The van der Waals surface area contributed by atoms with Crippen molar-refractivity contribution in [2.45, 2.75) is 39.5 Å². The number of hydrogen-bond acceptors (Lipinski definition) is 6. The second-order valence-corrected chi connectivity index (χ2v) is 15.6. The fourth-order valence-corrected chi connectivity index (χ4v) is 11.2. The van der Waals surface area contributed by atoms with Crippen LogP contribution in [-0.2, 0) is 22.4 Å². The van der Waals surface area contributed by atoms with Gasteiger partial charge in [-0.3, -0.25) is 9.59 Å². The molecule has 40 heavy (non-hydrogen) atoms. The first-order valence-electron chi connectivity index (χ1n) is 13.5. The molecule has 0 spiro atoms. The summed E-state index contributed by atoms with van der Waals surface area (Å²) < 4.78 is 0. The first kappa shape index (κ1) is 24.7. The van der Waals surface area contributed by atoms with Crippen LogP contribution in [0.5, 0.6) is 0 Å². The van der Waals surface area contributed by atoms with Crippen molar-refractivity contribution in [2.24, 2.45) is 0 Å². The molecule has 8 rings (SSSR count).